The van der Waals surface area contributed by atoms with E-state index in [-0.39, 0.29) is 18.9 Å². The van der Waals surface area contributed by atoms with Crippen LogP contribution in [0.1, 0.15) is 33.2 Å². The number of Topliss-reactive ketones (excluding diaryl/α,β-unsaturated/α-hetero) is 1. The SMILES string of the molecule is CCc1ccc(C(=O)COC(=O)CNC(=O)c2ccccc2OC)cc1. The van der Waals surface area contributed by atoms with E-state index < -0.39 is 11.9 Å². The van der Waals surface area contributed by atoms with Gasteiger partial charge in [-0.15, -0.1) is 0 Å². The summed E-state index contributed by atoms with van der Waals surface area (Å²) in [5.41, 5.74) is 1.92. The molecule has 0 aromatic heterocycles. The van der Waals surface area contributed by atoms with E-state index in [0.29, 0.717) is 16.9 Å². The van der Waals surface area contributed by atoms with Gasteiger partial charge in [0.25, 0.3) is 5.91 Å². The topological polar surface area (TPSA) is 81.7 Å². The minimum absolute atomic E-state index is 0.294. The van der Waals surface area contributed by atoms with Crippen molar-refractivity contribution in [2.45, 2.75) is 13.3 Å². The summed E-state index contributed by atoms with van der Waals surface area (Å²) < 4.78 is 10.0. The van der Waals surface area contributed by atoms with E-state index in [1.54, 1.807) is 36.4 Å². The monoisotopic (exact) mass is 355 g/mol. The molecule has 0 heterocycles. The van der Waals surface area contributed by atoms with Crippen molar-refractivity contribution in [3.63, 3.8) is 0 Å². The molecule has 2 rings (SSSR count). The van der Waals surface area contributed by atoms with Gasteiger partial charge < -0.3 is 14.8 Å². The van der Waals surface area contributed by atoms with Crippen LogP contribution in [0.15, 0.2) is 48.5 Å². The molecule has 0 unspecified atom stereocenters. The quantitative estimate of drug-likeness (QED) is 0.581. The molecule has 0 aliphatic heterocycles. The number of methoxy groups -OCH3 is 1. The number of amides is 1. The maximum Gasteiger partial charge on any atom is 0.325 e. The Bertz CT molecular complexity index is 783. The van der Waals surface area contributed by atoms with E-state index in [0.717, 1.165) is 12.0 Å². The summed E-state index contributed by atoms with van der Waals surface area (Å²) in [5, 5.41) is 2.45. The number of hydrogen-bond donors (Lipinski definition) is 1. The summed E-state index contributed by atoms with van der Waals surface area (Å²) in [6.07, 6.45) is 0.884. The second-order valence-electron chi connectivity index (χ2n) is 5.52. The number of carbonyl (C=O) groups is 3. The minimum Gasteiger partial charge on any atom is -0.496 e. The molecule has 0 aliphatic carbocycles. The summed E-state index contributed by atoms with van der Waals surface area (Å²) in [7, 11) is 1.46. The smallest absolute Gasteiger partial charge is 0.325 e. The molecule has 0 bridgehead atoms. The Balaban J connectivity index is 1.81. The van der Waals surface area contributed by atoms with Crippen LogP contribution in [0.4, 0.5) is 0 Å². The van der Waals surface area contributed by atoms with E-state index in [2.05, 4.69) is 5.32 Å². The number of rotatable bonds is 8. The fourth-order valence-corrected chi connectivity index (χ4v) is 2.29. The Morgan fingerprint density at radius 3 is 2.35 bits per heavy atom. The fraction of sp³-hybridized carbons (Fsp3) is 0.250. The van der Waals surface area contributed by atoms with Gasteiger partial charge in [0.2, 0.25) is 0 Å². The number of ether oxygens (including phenoxy) is 2. The van der Waals surface area contributed by atoms with Gasteiger partial charge in [-0.1, -0.05) is 43.3 Å². The number of aryl methyl sites for hydroxylation is 1. The Morgan fingerprint density at radius 1 is 1.00 bits per heavy atom. The Labute approximate surface area is 152 Å². The van der Waals surface area contributed by atoms with Gasteiger partial charge in [0.15, 0.2) is 12.4 Å². The number of benzene rings is 2. The molecule has 0 fully saturated rings. The standard InChI is InChI=1S/C20H21NO5/c1-3-14-8-10-15(11-9-14)17(22)13-26-19(23)12-21-20(24)16-6-4-5-7-18(16)25-2/h4-11H,3,12-13H2,1-2H3,(H,21,24). The average molecular weight is 355 g/mol. The summed E-state index contributed by atoms with van der Waals surface area (Å²) in [4.78, 5) is 35.8. The van der Waals surface area contributed by atoms with Crippen LogP contribution in [-0.2, 0) is 16.0 Å². The third-order valence-electron chi connectivity index (χ3n) is 3.79. The first-order chi connectivity index (χ1) is 12.5. The number of nitrogens with one attached hydrogen (secondary N) is 1. The number of hydrogen-bond acceptors (Lipinski definition) is 5. The van der Waals surface area contributed by atoms with Crippen LogP contribution in [0, 0.1) is 0 Å². The highest BCUT2D eigenvalue weighted by Crippen LogP contribution is 2.16. The van der Waals surface area contributed by atoms with Gasteiger partial charge in [-0.2, -0.15) is 0 Å². The predicted molar refractivity (Wildman–Crippen MR) is 96.4 cm³/mol. The van der Waals surface area contributed by atoms with Crippen molar-refractivity contribution < 1.29 is 23.9 Å². The first-order valence-electron chi connectivity index (χ1n) is 8.24. The van der Waals surface area contributed by atoms with Crippen LogP contribution in [-0.4, -0.2) is 37.9 Å². The molecule has 0 radical (unpaired) electrons. The summed E-state index contributed by atoms with van der Waals surface area (Å²) in [6, 6.07) is 13.8. The fourth-order valence-electron chi connectivity index (χ4n) is 2.29. The summed E-state index contributed by atoms with van der Waals surface area (Å²) in [6.45, 7) is 1.33. The van der Waals surface area contributed by atoms with Crippen LogP contribution in [0.3, 0.4) is 0 Å². The molecule has 1 amide bonds. The van der Waals surface area contributed by atoms with Crippen LogP contribution in [0.5, 0.6) is 5.75 Å². The summed E-state index contributed by atoms with van der Waals surface area (Å²) >= 11 is 0. The van der Waals surface area contributed by atoms with E-state index >= 15 is 0 Å². The normalized spacial score (nSPS) is 10.1. The molecule has 0 spiro atoms. The molecule has 136 valence electrons. The van der Waals surface area contributed by atoms with Crippen molar-refractivity contribution in [3.05, 3.63) is 65.2 Å². The molecule has 2 aromatic rings. The van der Waals surface area contributed by atoms with E-state index in [4.69, 9.17) is 9.47 Å². The van der Waals surface area contributed by atoms with Gasteiger partial charge in [0.05, 0.1) is 12.7 Å². The number of ketones is 1. The van der Waals surface area contributed by atoms with Crippen molar-refractivity contribution in [1.82, 2.24) is 5.32 Å². The van der Waals surface area contributed by atoms with Crippen molar-refractivity contribution in [2.75, 3.05) is 20.3 Å². The van der Waals surface area contributed by atoms with Gasteiger partial charge in [0, 0.05) is 5.56 Å². The number of carbonyl (C=O) groups excluding carboxylic acids is 3. The molecule has 26 heavy (non-hydrogen) atoms. The van der Waals surface area contributed by atoms with Crippen LogP contribution >= 0.6 is 0 Å². The third kappa shape index (κ3) is 5.17. The first kappa shape index (κ1) is 19.2. The lowest BCUT2D eigenvalue weighted by Crippen LogP contribution is -2.31. The molecule has 0 aliphatic rings. The average Bonchev–Trinajstić information content (AvgIpc) is 2.70. The zero-order chi connectivity index (χ0) is 18.9. The van der Waals surface area contributed by atoms with Crippen LogP contribution in [0.2, 0.25) is 0 Å². The number of esters is 1. The highest BCUT2D eigenvalue weighted by molar-refractivity contribution is 5.99. The second-order valence-corrected chi connectivity index (χ2v) is 5.52. The molecular formula is C20H21NO5. The number of para-hydroxylation sites is 1. The van der Waals surface area contributed by atoms with Crippen molar-refractivity contribution in [1.29, 1.82) is 0 Å². The molecule has 6 heteroatoms. The van der Waals surface area contributed by atoms with E-state index in [1.807, 2.05) is 19.1 Å². The van der Waals surface area contributed by atoms with E-state index in [1.165, 1.54) is 7.11 Å². The minimum atomic E-state index is -0.688. The summed E-state index contributed by atoms with van der Waals surface area (Å²) in [5.74, 6) is -1.03. The van der Waals surface area contributed by atoms with Gasteiger partial charge in [0.1, 0.15) is 12.3 Å². The highest BCUT2D eigenvalue weighted by Gasteiger charge is 2.14. The van der Waals surface area contributed by atoms with Gasteiger partial charge in [-0.05, 0) is 24.1 Å². The molecular weight excluding hydrogens is 334 g/mol. The third-order valence-corrected chi connectivity index (χ3v) is 3.79. The van der Waals surface area contributed by atoms with Crippen molar-refractivity contribution in [2.24, 2.45) is 0 Å². The largest absolute Gasteiger partial charge is 0.496 e. The Morgan fingerprint density at radius 2 is 1.69 bits per heavy atom. The van der Waals surface area contributed by atoms with Gasteiger partial charge >= 0.3 is 5.97 Å². The maximum absolute atomic E-state index is 12.1. The van der Waals surface area contributed by atoms with Crippen molar-refractivity contribution >= 4 is 17.7 Å². The van der Waals surface area contributed by atoms with Gasteiger partial charge in [-0.3, -0.25) is 14.4 Å². The molecule has 6 nitrogen and oxygen atoms in total. The van der Waals surface area contributed by atoms with E-state index in [9.17, 15) is 14.4 Å². The lowest BCUT2D eigenvalue weighted by atomic mass is 10.1. The lowest BCUT2D eigenvalue weighted by molar-refractivity contribution is -0.141. The van der Waals surface area contributed by atoms with Gasteiger partial charge in [-0.25, -0.2) is 0 Å². The second kappa shape index (κ2) is 9.36. The molecule has 0 saturated heterocycles. The molecule has 0 atom stereocenters. The predicted octanol–water partition coefficient (Wildman–Crippen LogP) is 2.41. The zero-order valence-electron chi connectivity index (χ0n) is 14.8. The van der Waals surface area contributed by atoms with Crippen molar-refractivity contribution in [3.8, 4) is 5.75 Å². The first-order valence-corrected chi connectivity index (χ1v) is 8.24. The Kier molecular flexibility index (Phi) is 6.91. The van der Waals surface area contributed by atoms with Crippen LogP contribution < -0.4 is 10.1 Å². The lowest BCUT2D eigenvalue weighted by Gasteiger charge is -2.09. The molecule has 1 N–H and O–H groups in total. The molecule has 2 aromatic carbocycles. The van der Waals surface area contributed by atoms with Crippen LogP contribution in [0.25, 0.3) is 0 Å². The zero-order valence-corrected chi connectivity index (χ0v) is 14.8. The molecule has 0 saturated carbocycles. The maximum atomic E-state index is 12.1. The highest BCUT2D eigenvalue weighted by atomic mass is 16.5. The Hall–Kier alpha value is -3.15.